The van der Waals surface area contributed by atoms with Gasteiger partial charge in [0, 0.05) is 27.7 Å². The van der Waals surface area contributed by atoms with E-state index in [1.54, 1.807) is 30.5 Å². The van der Waals surface area contributed by atoms with Gasteiger partial charge < -0.3 is 20.8 Å². The minimum absolute atomic E-state index is 0.224. The molecule has 2 aromatic carbocycles. The van der Waals surface area contributed by atoms with E-state index in [-0.39, 0.29) is 12.2 Å². The van der Waals surface area contributed by atoms with Crippen molar-refractivity contribution in [2.45, 2.75) is 25.5 Å². The second-order valence-corrected chi connectivity index (χ2v) is 6.94. The van der Waals surface area contributed by atoms with Gasteiger partial charge in [-0.15, -0.1) is 0 Å². The predicted octanol–water partition coefficient (Wildman–Crippen LogP) is 3.74. The zero-order chi connectivity index (χ0) is 21.0. The molecule has 0 aliphatic heterocycles. The summed E-state index contributed by atoms with van der Waals surface area (Å²) in [5.74, 6) is -0.989. The number of aromatic amines is 1. The van der Waals surface area contributed by atoms with E-state index >= 15 is 0 Å². The number of fused-ring (bicyclic) bond motifs is 1. The SMILES string of the molecule is C[C@@H](OC(=O)C[C@@H](NC(N)=O)c1ccccc1Cl)C(=O)c1c[nH]c2ccccc12. The second-order valence-electron chi connectivity index (χ2n) is 6.53. The van der Waals surface area contributed by atoms with Crippen LogP contribution < -0.4 is 11.1 Å². The van der Waals surface area contributed by atoms with Crippen LogP contribution >= 0.6 is 11.6 Å². The van der Waals surface area contributed by atoms with Crippen LogP contribution in [-0.2, 0) is 9.53 Å². The molecule has 2 atom stereocenters. The Morgan fingerprint density at radius 2 is 1.83 bits per heavy atom. The highest BCUT2D eigenvalue weighted by Crippen LogP contribution is 2.26. The number of halogens is 1. The maximum absolute atomic E-state index is 12.7. The molecule has 0 aliphatic rings. The monoisotopic (exact) mass is 413 g/mol. The van der Waals surface area contributed by atoms with Crippen LogP contribution in [0.3, 0.4) is 0 Å². The van der Waals surface area contributed by atoms with Gasteiger partial charge in [-0.25, -0.2) is 4.79 Å². The molecular formula is C21H20ClN3O4. The Hall–Kier alpha value is -3.32. The highest BCUT2D eigenvalue weighted by Gasteiger charge is 2.25. The molecule has 1 aromatic heterocycles. The van der Waals surface area contributed by atoms with Gasteiger partial charge in [0.05, 0.1) is 12.5 Å². The standard InChI is InChI=1S/C21H20ClN3O4/c1-12(20(27)15-11-24-17-9-5-3-6-13(15)17)29-19(26)10-18(25-21(23)28)14-7-2-4-8-16(14)22/h2-9,11-12,18,24H,10H2,1H3,(H3,23,25,28)/t12-,18-/m1/s1. The number of primary amides is 1. The van der Waals surface area contributed by atoms with Crippen LogP contribution in [0.4, 0.5) is 4.79 Å². The number of rotatable bonds is 7. The van der Waals surface area contributed by atoms with E-state index in [2.05, 4.69) is 10.3 Å². The van der Waals surface area contributed by atoms with Gasteiger partial charge >= 0.3 is 12.0 Å². The third-order valence-corrected chi connectivity index (χ3v) is 4.84. The lowest BCUT2D eigenvalue weighted by molar-refractivity contribution is -0.146. The van der Waals surface area contributed by atoms with Gasteiger partial charge in [-0.3, -0.25) is 9.59 Å². The molecule has 0 fully saturated rings. The Kier molecular flexibility index (Phi) is 6.19. The minimum Gasteiger partial charge on any atom is -0.454 e. The Bertz CT molecular complexity index is 1060. The van der Waals surface area contributed by atoms with Crippen LogP contribution in [0, 0.1) is 0 Å². The van der Waals surface area contributed by atoms with Crippen molar-refractivity contribution in [1.82, 2.24) is 10.3 Å². The van der Waals surface area contributed by atoms with Gasteiger partial charge in [-0.2, -0.15) is 0 Å². The van der Waals surface area contributed by atoms with E-state index in [0.717, 1.165) is 10.9 Å². The number of carbonyl (C=O) groups excluding carboxylic acids is 3. The first-order valence-corrected chi connectivity index (χ1v) is 9.35. The number of hydrogen-bond donors (Lipinski definition) is 3. The van der Waals surface area contributed by atoms with E-state index in [1.807, 2.05) is 24.3 Å². The van der Waals surface area contributed by atoms with Gasteiger partial charge in [0.15, 0.2) is 6.10 Å². The van der Waals surface area contributed by atoms with Gasteiger partial charge in [-0.05, 0) is 24.6 Å². The smallest absolute Gasteiger partial charge is 0.312 e. The van der Waals surface area contributed by atoms with E-state index in [9.17, 15) is 14.4 Å². The third-order valence-electron chi connectivity index (χ3n) is 4.50. The van der Waals surface area contributed by atoms with Crippen LogP contribution in [0.5, 0.6) is 0 Å². The highest BCUT2D eigenvalue weighted by molar-refractivity contribution is 6.31. The summed E-state index contributed by atoms with van der Waals surface area (Å²) in [4.78, 5) is 39.6. The molecule has 3 rings (SSSR count). The fourth-order valence-electron chi connectivity index (χ4n) is 3.13. The normalized spacial score (nSPS) is 12.9. The number of para-hydroxylation sites is 1. The highest BCUT2D eigenvalue weighted by atomic mass is 35.5. The summed E-state index contributed by atoms with van der Waals surface area (Å²) < 4.78 is 5.32. The van der Waals surface area contributed by atoms with E-state index < -0.39 is 24.1 Å². The molecule has 0 unspecified atom stereocenters. The van der Waals surface area contributed by atoms with E-state index in [0.29, 0.717) is 16.1 Å². The van der Waals surface area contributed by atoms with Crippen molar-refractivity contribution in [1.29, 1.82) is 0 Å². The molecule has 2 amide bonds. The molecule has 4 N–H and O–H groups in total. The molecule has 0 spiro atoms. The molecule has 150 valence electrons. The minimum atomic E-state index is -0.998. The number of aromatic nitrogens is 1. The molecule has 0 saturated heterocycles. The molecule has 1 heterocycles. The average molecular weight is 414 g/mol. The maximum Gasteiger partial charge on any atom is 0.312 e. The number of H-pyrrole nitrogens is 1. The Morgan fingerprint density at radius 3 is 2.55 bits per heavy atom. The van der Waals surface area contributed by atoms with Crippen LogP contribution in [0.1, 0.15) is 35.3 Å². The maximum atomic E-state index is 12.7. The number of hydrogen-bond acceptors (Lipinski definition) is 4. The Morgan fingerprint density at radius 1 is 1.14 bits per heavy atom. The number of Topliss-reactive ketones (excluding diaryl/α,β-unsaturated/α-hetero) is 1. The summed E-state index contributed by atoms with van der Waals surface area (Å²) in [6.07, 6.45) is 0.374. The first kappa shape index (κ1) is 20.4. The lowest BCUT2D eigenvalue weighted by Crippen LogP contribution is -2.35. The molecule has 7 nitrogen and oxygen atoms in total. The van der Waals surface area contributed by atoms with Crippen LogP contribution in [0.15, 0.2) is 54.7 Å². The number of nitrogens with two attached hydrogens (primary N) is 1. The fraction of sp³-hybridized carbons (Fsp3) is 0.190. The van der Waals surface area contributed by atoms with Crippen molar-refractivity contribution < 1.29 is 19.1 Å². The second kappa shape index (κ2) is 8.79. The zero-order valence-corrected chi connectivity index (χ0v) is 16.4. The molecule has 8 heteroatoms. The summed E-state index contributed by atoms with van der Waals surface area (Å²) in [5.41, 5.74) is 7.01. The summed E-state index contributed by atoms with van der Waals surface area (Å²) in [6, 6.07) is 12.6. The zero-order valence-electron chi connectivity index (χ0n) is 15.6. The van der Waals surface area contributed by atoms with Crippen LogP contribution in [0.25, 0.3) is 10.9 Å². The quantitative estimate of drug-likeness (QED) is 0.404. The number of ether oxygens (including phenoxy) is 1. The first-order valence-electron chi connectivity index (χ1n) is 8.97. The van der Waals surface area contributed by atoms with Gasteiger partial charge in [-0.1, -0.05) is 48.0 Å². The summed E-state index contributed by atoms with van der Waals surface area (Å²) in [7, 11) is 0. The molecule has 0 bridgehead atoms. The van der Waals surface area contributed by atoms with Crippen LogP contribution in [0.2, 0.25) is 5.02 Å². The molecule has 29 heavy (non-hydrogen) atoms. The van der Waals surface area contributed by atoms with Crippen molar-refractivity contribution >= 4 is 40.3 Å². The molecule has 0 radical (unpaired) electrons. The molecule has 0 saturated carbocycles. The van der Waals surface area contributed by atoms with Gasteiger partial charge in [0.1, 0.15) is 0 Å². The van der Waals surface area contributed by atoms with Crippen molar-refractivity contribution in [2.75, 3.05) is 0 Å². The molecule has 3 aromatic rings. The van der Waals surface area contributed by atoms with E-state index in [4.69, 9.17) is 22.1 Å². The largest absolute Gasteiger partial charge is 0.454 e. The topological polar surface area (TPSA) is 114 Å². The number of esters is 1. The number of amides is 2. The molecular weight excluding hydrogens is 394 g/mol. The Labute approximate surface area is 172 Å². The van der Waals surface area contributed by atoms with E-state index in [1.165, 1.54) is 6.92 Å². The fourth-order valence-corrected chi connectivity index (χ4v) is 3.40. The van der Waals surface area contributed by atoms with Crippen molar-refractivity contribution in [2.24, 2.45) is 5.73 Å². The van der Waals surface area contributed by atoms with Gasteiger partial charge in [0.2, 0.25) is 5.78 Å². The number of nitrogens with one attached hydrogen (secondary N) is 2. The summed E-state index contributed by atoms with van der Waals surface area (Å²) in [5, 5.41) is 3.62. The van der Waals surface area contributed by atoms with Crippen LogP contribution in [-0.4, -0.2) is 28.9 Å². The lowest BCUT2D eigenvalue weighted by Gasteiger charge is -2.19. The van der Waals surface area contributed by atoms with Crippen molar-refractivity contribution in [3.8, 4) is 0 Å². The average Bonchev–Trinajstić information content (AvgIpc) is 3.11. The lowest BCUT2D eigenvalue weighted by atomic mass is 10.0. The number of carbonyl (C=O) groups is 3. The molecule has 0 aliphatic carbocycles. The predicted molar refractivity (Wildman–Crippen MR) is 110 cm³/mol. The number of benzene rings is 2. The third kappa shape index (κ3) is 4.75. The first-order chi connectivity index (χ1) is 13.9. The van der Waals surface area contributed by atoms with Gasteiger partial charge in [0.25, 0.3) is 0 Å². The summed E-state index contributed by atoms with van der Waals surface area (Å²) in [6.45, 7) is 1.51. The number of ketones is 1. The van der Waals surface area contributed by atoms with Crippen molar-refractivity contribution in [3.63, 3.8) is 0 Å². The summed E-state index contributed by atoms with van der Waals surface area (Å²) >= 11 is 6.16. The number of urea groups is 1. The Balaban J connectivity index is 1.71. The van der Waals surface area contributed by atoms with Crippen molar-refractivity contribution in [3.05, 3.63) is 70.9 Å².